The Bertz CT molecular complexity index is 315. The van der Waals surface area contributed by atoms with E-state index in [0.29, 0.717) is 12.4 Å². The highest BCUT2D eigenvalue weighted by Crippen LogP contribution is 2.22. The van der Waals surface area contributed by atoms with E-state index in [1.807, 2.05) is 12.1 Å². The summed E-state index contributed by atoms with van der Waals surface area (Å²) in [7, 11) is 3.21. The molecule has 4 nitrogen and oxygen atoms in total. The lowest BCUT2D eigenvalue weighted by molar-refractivity contribution is 0.179. The summed E-state index contributed by atoms with van der Waals surface area (Å²) in [5, 5.41) is 9.62. The van der Waals surface area contributed by atoms with Gasteiger partial charge in [-0.1, -0.05) is 6.07 Å². The quantitative estimate of drug-likeness (QED) is 0.757. The van der Waals surface area contributed by atoms with Gasteiger partial charge in [0.25, 0.3) is 0 Å². The van der Waals surface area contributed by atoms with Crippen LogP contribution in [0.15, 0.2) is 18.2 Å². The molecule has 0 saturated carbocycles. The maximum absolute atomic E-state index is 9.62. The van der Waals surface area contributed by atoms with E-state index in [0.717, 1.165) is 11.1 Å². The molecule has 0 saturated heterocycles. The average Bonchev–Trinajstić information content (AvgIpc) is 2.28. The first-order valence-electron chi connectivity index (χ1n) is 4.76. The second-order valence-corrected chi connectivity index (χ2v) is 3.30. The van der Waals surface area contributed by atoms with Gasteiger partial charge >= 0.3 is 0 Å². The van der Waals surface area contributed by atoms with E-state index in [2.05, 4.69) is 0 Å². The standard InChI is InChI=1S/C11H17NO3/c1-14-7-8-3-9(11(13)6-12)5-10(4-8)15-2/h3-5,11,13H,6-7,12H2,1-2H3. The molecule has 84 valence electrons. The van der Waals surface area contributed by atoms with Crippen molar-refractivity contribution < 1.29 is 14.6 Å². The molecule has 4 heteroatoms. The zero-order valence-corrected chi connectivity index (χ0v) is 9.06. The number of ether oxygens (including phenoxy) is 2. The molecule has 0 aliphatic carbocycles. The summed E-state index contributed by atoms with van der Waals surface area (Å²) >= 11 is 0. The first-order valence-corrected chi connectivity index (χ1v) is 4.76. The number of hydrogen-bond acceptors (Lipinski definition) is 4. The Morgan fingerprint density at radius 2 is 2.07 bits per heavy atom. The number of aliphatic hydroxyl groups excluding tert-OH is 1. The van der Waals surface area contributed by atoms with Crippen molar-refractivity contribution in [3.05, 3.63) is 29.3 Å². The summed E-state index contributed by atoms with van der Waals surface area (Å²) in [6.45, 7) is 0.682. The smallest absolute Gasteiger partial charge is 0.119 e. The van der Waals surface area contributed by atoms with Crippen LogP contribution in [0.3, 0.4) is 0 Å². The number of hydrogen-bond donors (Lipinski definition) is 2. The molecule has 15 heavy (non-hydrogen) atoms. The first-order chi connectivity index (χ1) is 7.21. The van der Waals surface area contributed by atoms with E-state index in [1.54, 1.807) is 20.3 Å². The number of methoxy groups -OCH3 is 2. The van der Waals surface area contributed by atoms with Crippen molar-refractivity contribution in [1.29, 1.82) is 0 Å². The normalized spacial score (nSPS) is 12.5. The van der Waals surface area contributed by atoms with E-state index >= 15 is 0 Å². The zero-order valence-electron chi connectivity index (χ0n) is 9.06. The zero-order chi connectivity index (χ0) is 11.3. The van der Waals surface area contributed by atoms with Gasteiger partial charge in [0.1, 0.15) is 5.75 Å². The molecule has 0 radical (unpaired) electrons. The molecular weight excluding hydrogens is 194 g/mol. The Morgan fingerprint density at radius 1 is 1.33 bits per heavy atom. The molecule has 0 amide bonds. The average molecular weight is 211 g/mol. The molecule has 0 aromatic heterocycles. The molecule has 1 unspecified atom stereocenters. The fraction of sp³-hybridized carbons (Fsp3) is 0.455. The lowest BCUT2D eigenvalue weighted by Crippen LogP contribution is -2.12. The van der Waals surface area contributed by atoms with Crippen LogP contribution in [0, 0.1) is 0 Å². The molecule has 1 aromatic rings. The van der Waals surface area contributed by atoms with Crippen LogP contribution < -0.4 is 10.5 Å². The van der Waals surface area contributed by atoms with Crippen molar-refractivity contribution in [2.24, 2.45) is 5.73 Å². The van der Waals surface area contributed by atoms with Crippen LogP contribution in [0.4, 0.5) is 0 Å². The number of rotatable bonds is 5. The van der Waals surface area contributed by atoms with Crippen molar-refractivity contribution in [3.63, 3.8) is 0 Å². The Kier molecular flexibility index (Phi) is 4.55. The lowest BCUT2D eigenvalue weighted by Gasteiger charge is -2.12. The van der Waals surface area contributed by atoms with Crippen molar-refractivity contribution >= 4 is 0 Å². The third-order valence-electron chi connectivity index (χ3n) is 2.14. The SMILES string of the molecule is COCc1cc(OC)cc(C(O)CN)c1. The van der Waals surface area contributed by atoms with Crippen LogP contribution in [0.2, 0.25) is 0 Å². The second kappa shape index (κ2) is 5.70. The highest BCUT2D eigenvalue weighted by molar-refractivity contribution is 5.35. The van der Waals surface area contributed by atoms with E-state index in [1.165, 1.54) is 0 Å². The highest BCUT2D eigenvalue weighted by atomic mass is 16.5. The predicted molar refractivity (Wildman–Crippen MR) is 57.7 cm³/mol. The Morgan fingerprint density at radius 3 is 2.60 bits per heavy atom. The van der Waals surface area contributed by atoms with Gasteiger partial charge in [0.15, 0.2) is 0 Å². The van der Waals surface area contributed by atoms with E-state index in [4.69, 9.17) is 15.2 Å². The molecule has 0 aliphatic heterocycles. The van der Waals surface area contributed by atoms with Gasteiger partial charge in [-0.25, -0.2) is 0 Å². The summed E-state index contributed by atoms with van der Waals surface area (Å²) < 4.78 is 10.2. The second-order valence-electron chi connectivity index (χ2n) is 3.30. The monoisotopic (exact) mass is 211 g/mol. The van der Waals surface area contributed by atoms with Crippen LogP contribution in [0.25, 0.3) is 0 Å². The summed E-state index contributed by atoms with van der Waals surface area (Å²) in [5.74, 6) is 0.701. The summed E-state index contributed by atoms with van der Waals surface area (Å²) in [5.41, 5.74) is 7.11. The molecule has 1 atom stereocenters. The molecule has 1 rings (SSSR count). The first kappa shape index (κ1) is 12.0. The van der Waals surface area contributed by atoms with Gasteiger partial charge in [-0.3, -0.25) is 0 Å². The molecule has 3 N–H and O–H groups in total. The number of benzene rings is 1. The van der Waals surface area contributed by atoms with Crippen LogP contribution in [-0.4, -0.2) is 25.9 Å². The van der Waals surface area contributed by atoms with Crippen LogP contribution >= 0.6 is 0 Å². The molecule has 0 aliphatic rings. The van der Waals surface area contributed by atoms with Gasteiger partial charge in [-0.05, 0) is 23.3 Å². The third kappa shape index (κ3) is 3.20. The van der Waals surface area contributed by atoms with Crippen molar-refractivity contribution in [2.75, 3.05) is 20.8 Å². The number of nitrogens with two attached hydrogens (primary N) is 1. The van der Waals surface area contributed by atoms with E-state index in [9.17, 15) is 5.11 Å². The summed E-state index contributed by atoms with van der Waals surface area (Å²) in [6, 6.07) is 5.51. The molecule has 0 spiro atoms. The van der Waals surface area contributed by atoms with E-state index < -0.39 is 6.10 Å². The molecule has 0 bridgehead atoms. The third-order valence-corrected chi connectivity index (χ3v) is 2.14. The topological polar surface area (TPSA) is 64.7 Å². The fourth-order valence-electron chi connectivity index (χ4n) is 1.38. The summed E-state index contributed by atoms with van der Waals surface area (Å²) in [6.07, 6.45) is -0.657. The minimum atomic E-state index is -0.657. The van der Waals surface area contributed by atoms with E-state index in [-0.39, 0.29) is 6.54 Å². The van der Waals surface area contributed by atoms with Crippen molar-refractivity contribution in [2.45, 2.75) is 12.7 Å². The summed E-state index contributed by atoms with van der Waals surface area (Å²) in [4.78, 5) is 0. The van der Waals surface area contributed by atoms with Gasteiger partial charge in [0.05, 0.1) is 19.8 Å². The highest BCUT2D eigenvalue weighted by Gasteiger charge is 2.08. The minimum absolute atomic E-state index is 0.194. The largest absolute Gasteiger partial charge is 0.497 e. The van der Waals surface area contributed by atoms with Crippen LogP contribution in [-0.2, 0) is 11.3 Å². The molecule has 0 fully saturated rings. The Labute approximate surface area is 89.6 Å². The maximum atomic E-state index is 9.62. The van der Waals surface area contributed by atoms with Crippen molar-refractivity contribution in [1.82, 2.24) is 0 Å². The van der Waals surface area contributed by atoms with Crippen LogP contribution in [0.5, 0.6) is 5.75 Å². The van der Waals surface area contributed by atoms with Gasteiger partial charge in [-0.15, -0.1) is 0 Å². The predicted octanol–water partition coefficient (Wildman–Crippen LogP) is 0.834. The molecule has 1 aromatic carbocycles. The Balaban J connectivity index is 2.99. The van der Waals surface area contributed by atoms with Crippen LogP contribution in [0.1, 0.15) is 17.2 Å². The Hall–Kier alpha value is -1.10. The molecule has 0 heterocycles. The van der Waals surface area contributed by atoms with Gasteiger partial charge < -0.3 is 20.3 Å². The maximum Gasteiger partial charge on any atom is 0.119 e. The molecular formula is C11H17NO3. The fourth-order valence-corrected chi connectivity index (χ4v) is 1.38. The van der Waals surface area contributed by atoms with Gasteiger partial charge in [-0.2, -0.15) is 0 Å². The van der Waals surface area contributed by atoms with Gasteiger partial charge in [0, 0.05) is 13.7 Å². The van der Waals surface area contributed by atoms with Crippen molar-refractivity contribution in [3.8, 4) is 5.75 Å². The van der Waals surface area contributed by atoms with Gasteiger partial charge in [0.2, 0.25) is 0 Å². The lowest BCUT2D eigenvalue weighted by atomic mass is 10.1. The number of aliphatic hydroxyl groups is 1. The minimum Gasteiger partial charge on any atom is -0.497 e.